The molecule has 5 heteroatoms. The Kier molecular flexibility index (Phi) is 5.62. The van der Waals surface area contributed by atoms with E-state index in [4.69, 9.17) is 5.73 Å². The number of aromatic nitrogens is 1. The van der Waals surface area contributed by atoms with Crippen molar-refractivity contribution in [1.29, 1.82) is 0 Å². The number of para-hydroxylation sites is 1. The zero-order chi connectivity index (χ0) is 24.0. The fraction of sp³-hybridized carbons (Fsp3) is 0.367. The Morgan fingerprint density at radius 1 is 1.00 bits per heavy atom. The van der Waals surface area contributed by atoms with Gasteiger partial charge < -0.3 is 11.1 Å². The van der Waals surface area contributed by atoms with Crippen LogP contribution in [0.1, 0.15) is 55.3 Å². The van der Waals surface area contributed by atoms with Gasteiger partial charge in [0, 0.05) is 23.4 Å². The minimum atomic E-state index is -0.436. The monoisotopic (exact) mass is 466 g/mol. The predicted molar refractivity (Wildman–Crippen MR) is 143 cm³/mol. The number of fused-ring (bicyclic) bond motifs is 5. The van der Waals surface area contributed by atoms with Crippen molar-refractivity contribution in [2.24, 2.45) is 5.73 Å². The first-order valence-corrected chi connectivity index (χ1v) is 13.0. The van der Waals surface area contributed by atoms with Crippen molar-refractivity contribution in [1.82, 2.24) is 14.8 Å². The highest BCUT2D eigenvalue weighted by Crippen LogP contribution is 2.50. The van der Waals surface area contributed by atoms with Crippen molar-refractivity contribution in [3.8, 4) is 0 Å². The van der Waals surface area contributed by atoms with Crippen molar-refractivity contribution in [3.63, 3.8) is 0 Å². The molecule has 1 aliphatic carbocycles. The van der Waals surface area contributed by atoms with Gasteiger partial charge in [-0.25, -0.2) is 4.79 Å². The van der Waals surface area contributed by atoms with Crippen molar-refractivity contribution in [2.75, 3.05) is 19.6 Å². The Morgan fingerprint density at radius 2 is 1.74 bits per heavy atom. The fourth-order valence-electron chi connectivity index (χ4n) is 6.62. The van der Waals surface area contributed by atoms with Gasteiger partial charge in [0.05, 0.1) is 11.0 Å². The van der Waals surface area contributed by atoms with E-state index in [9.17, 15) is 4.79 Å². The zero-order valence-corrected chi connectivity index (χ0v) is 20.5. The number of hydrogen-bond acceptors (Lipinski definition) is 3. The lowest BCUT2D eigenvalue weighted by atomic mass is 9.73. The second-order valence-corrected chi connectivity index (χ2v) is 10.4. The van der Waals surface area contributed by atoms with Crippen LogP contribution in [0.15, 0.2) is 66.7 Å². The van der Waals surface area contributed by atoms with E-state index in [0.717, 1.165) is 48.0 Å². The van der Waals surface area contributed by atoms with Gasteiger partial charge in [0.15, 0.2) is 0 Å². The van der Waals surface area contributed by atoms with E-state index in [1.54, 1.807) is 10.1 Å². The first-order chi connectivity index (χ1) is 17.1. The lowest BCUT2D eigenvalue weighted by molar-refractivity contribution is 0.146. The molecule has 0 radical (unpaired) electrons. The van der Waals surface area contributed by atoms with Crippen molar-refractivity contribution in [3.05, 3.63) is 83.4 Å². The summed E-state index contributed by atoms with van der Waals surface area (Å²) in [5.74, 6) is 0. The lowest BCUT2D eigenvalue weighted by Crippen LogP contribution is -2.41. The number of nitrogens with zero attached hydrogens (tertiary/aromatic N) is 2. The minimum Gasteiger partial charge on any atom is -0.351 e. The molecule has 1 spiro atoms. The standard InChI is InChI=1S/C30H34N4O/c1-2-15-32-26-19-30(25-9-5-3-8-23(25)26)13-16-33(17-14-30)20-21-11-12-28-24(18-21)22-7-4-6-10-27(22)34(28)29(31)35/h3-12,18,26,32H,2,13-17,19-20H2,1H3,(H2,31,35)/t26-/m1/s1. The molecule has 2 aliphatic rings. The van der Waals surface area contributed by atoms with Crippen LogP contribution in [0.5, 0.6) is 0 Å². The van der Waals surface area contributed by atoms with Gasteiger partial charge >= 0.3 is 6.03 Å². The van der Waals surface area contributed by atoms with Crippen LogP contribution in [-0.4, -0.2) is 35.1 Å². The van der Waals surface area contributed by atoms with Crippen molar-refractivity contribution < 1.29 is 4.79 Å². The number of piperidine rings is 1. The number of carbonyl (C=O) groups excluding carboxylic acids is 1. The van der Waals surface area contributed by atoms with E-state index in [2.05, 4.69) is 65.7 Å². The topological polar surface area (TPSA) is 63.3 Å². The molecule has 0 unspecified atom stereocenters. The maximum Gasteiger partial charge on any atom is 0.323 e. The van der Waals surface area contributed by atoms with Gasteiger partial charge in [-0.2, -0.15) is 0 Å². The number of amides is 1. The number of benzene rings is 3. The number of primary amides is 1. The maximum atomic E-state index is 12.2. The van der Waals surface area contributed by atoms with Crippen LogP contribution in [-0.2, 0) is 12.0 Å². The second-order valence-electron chi connectivity index (χ2n) is 10.4. The molecule has 0 saturated carbocycles. The van der Waals surface area contributed by atoms with E-state index in [-0.39, 0.29) is 0 Å². The number of carbonyl (C=O) groups is 1. The minimum absolute atomic E-state index is 0.303. The largest absolute Gasteiger partial charge is 0.351 e. The molecule has 2 heterocycles. The quantitative estimate of drug-likeness (QED) is 0.397. The Hall–Kier alpha value is -3.15. The van der Waals surface area contributed by atoms with Crippen LogP contribution in [0.2, 0.25) is 0 Å². The highest BCUT2D eigenvalue weighted by Gasteiger charge is 2.44. The molecule has 0 bridgehead atoms. The summed E-state index contributed by atoms with van der Waals surface area (Å²) in [6.45, 7) is 6.47. The highest BCUT2D eigenvalue weighted by molar-refractivity contribution is 6.13. The molecule has 1 saturated heterocycles. The first-order valence-electron chi connectivity index (χ1n) is 13.0. The Morgan fingerprint density at radius 3 is 2.54 bits per heavy atom. The predicted octanol–water partition coefficient (Wildman–Crippen LogP) is 5.70. The molecule has 5 nitrogen and oxygen atoms in total. The number of rotatable bonds is 5. The van der Waals surface area contributed by atoms with Crippen LogP contribution >= 0.6 is 0 Å². The Labute approximate surface area is 206 Å². The van der Waals surface area contributed by atoms with Gasteiger partial charge in [0.2, 0.25) is 0 Å². The Balaban J connectivity index is 1.22. The third-order valence-corrected chi connectivity index (χ3v) is 8.32. The number of likely N-dealkylation sites (tertiary alicyclic amines) is 1. The van der Waals surface area contributed by atoms with Crippen LogP contribution in [0.4, 0.5) is 4.79 Å². The number of nitrogens with two attached hydrogens (primary N) is 1. The summed E-state index contributed by atoms with van der Waals surface area (Å²) in [5, 5.41) is 5.98. The molecule has 3 N–H and O–H groups in total. The third kappa shape index (κ3) is 3.74. The molecule has 3 aromatic carbocycles. The summed E-state index contributed by atoms with van der Waals surface area (Å²) in [7, 11) is 0. The lowest BCUT2D eigenvalue weighted by Gasteiger charge is -2.40. The molecule has 4 aromatic rings. The Bertz CT molecular complexity index is 1400. The van der Waals surface area contributed by atoms with Crippen molar-refractivity contribution >= 4 is 27.8 Å². The highest BCUT2D eigenvalue weighted by atomic mass is 16.2. The molecule has 1 aromatic heterocycles. The second kappa shape index (κ2) is 8.81. The summed E-state index contributed by atoms with van der Waals surface area (Å²) < 4.78 is 1.62. The fourth-order valence-corrected chi connectivity index (χ4v) is 6.62. The average Bonchev–Trinajstić information content (AvgIpc) is 3.37. The average molecular weight is 467 g/mol. The zero-order valence-electron chi connectivity index (χ0n) is 20.5. The van der Waals surface area contributed by atoms with Crippen molar-refractivity contribution in [2.45, 2.75) is 50.6 Å². The molecule has 1 amide bonds. The molecule has 6 rings (SSSR count). The van der Waals surface area contributed by atoms with E-state index >= 15 is 0 Å². The summed E-state index contributed by atoms with van der Waals surface area (Å²) in [6, 6.07) is 23.6. The third-order valence-electron chi connectivity index (χ3n) is 8.32. The van der Waals surface area contributed by atoms with Crippen LogP contribution in [0, 0.1) is 0 Å². The summed E-state index contributed by atoms with van der Waals surface area (Å²) in [6.07, 6.45) is 4.80. The molecule has 1 aliphatic heterocycles. The summed E-state index contributed by atoms with van der Waals surface area (Å²) >= 11 is 0. The molecule has 1 atom stereocenters. The SMILES string of the molecule is CCCN[C@@H]1CC2(CCN(Cc3ccc4c(c3)c3ccccc3n4C(N)=O)CC2)c2ccccc21. The molecule has 180 valence electrons. The van der Waals surface area contributed by atoms with Gasteiger partial charge in [-0.15, -0.1) is 0 Å². The maximum absolute atomic E-state index is 12.2. The van der Waals surface area contributed by atoms with Crippen LogP contribution < -0.4 is 11.1 Å². The van der Waals surface area contributed by atoms with Gasteiger partial charge in [-0.05, 0) is 85.6 Å². The van der Waals surface area contributed by atoms with Crippen LogP contribution in [0.25, 0.3) is 21.8 Å². The van der Waals surface area contributed by atoms with E-state index in [0.29, 0.717) is 11.5 Å². The number of hydrogen-bond donors (Lipinski definition) is 2. The van der Waals surface area contributed by atoms with Crippen LogP contribution in [0.3, 0.4) is 0 Å². The molecular formula is C30H34N4O. The summed E-state index contributed by atoms with van der Waals surface area (Å²) in [5.41, 5.74) is 12.2. The smallest absolute Gasteiger partial charge is 0.323 e. The number of nitrogens with one attached hydrogen (secondary N) is 1. The van der Waals surface area contributed by atoms with E-state index < -0.39 is 6.03 Å². The van der Waals surface area contributed by atoms with E-state index in [1.165, 1.54) is 36.8 Å². The van der Waals surface area contributed by atoms with E-state index in [1.807, 2.05) is 18.2 Å². The molecule has 35 heavy (non-hydrogen) atoms. The van der Waals surface area contributed by atoms with Gasteiger partial charge in [0.1, 0.15) is 0 Å². The molecule has 1 fully saturated rings. The molecular weight excluding hydrogens is 432 g/mol. The van der Waals surface area contributed by atoms with Gasteiger partial charge in [0.25, 0.3) is 0 Å². The summed E-state index contributed by atoms with van der Waals surface area (Å²) in [4.78, 5) is 14.7. The van der Waals surface area contributed by atoms with Gasteiger partial charge in [-0.3, -0.25) is 9.47 Å². The van der Waals surface area contributed by atoms with Gasteiger partial charge in [-0.1, -0.05) is 55.5 Å². The normalized spacial score (nSPS) is 19.5. The first kappa shape index (κ1) is 22.3.